The summed E-state index contributed by atoms with van der Waals surface area (Å²) in [6.07, 6.45) is 0. The first-order valence-electron chi connectivity index (χ1n) is 47.1. The maximum Gasteiger partial charge on any atom is 0.137 e. The Morgan fingerprint density at radius 2 is 0.449 bits per heavy atom. The molecule has 9 aromatic heterocycles. The number of rotatable bonds is 6. The summed E-state index contributed by atoms with van der Waals surface area (Å²) in [5.74, 6) is 0. The van der Waals surface area contributed by atoms with Crippen LogP contribution < -0.4 is 14.7 Å². The van der Waals surface area contributed by atoms with Crippen LogP contribution in [0.5, 0.6) is 0 Å². The normalized spacial score (nSPS) is 12.7. The molecule has 33 rings (SSSR count). The molecule has 0 atom stereocenters. The van der Waals surface area contributed by atoms with E-state index in [1.54, 1.807) is 0 Å². The second-order valence-electron chi connectivity index (χ2n) is 36.5. The number of hydrogen-bond acceptors (Lipinski definition) is 6. The molecule has 30 aromatic rings. The van der Waals surface area contributed by atoms with Crippen molar-refractivity contribution >= 4 is 267 Å². The Kier molecular flexibility index (Phi) is 15.8. The molecule has 21 aromatic carbocycles. The van der Waals surface area contributed by atoms with Crippen molar-refractivity contribution in [3.63, 3.8) is 0 Å². The van der Waals surface area contributed by atoms with E-state index in [2.05, 4.69) is 491 Å². The van der Waals surface area contributed by atoms with Gasteiger partial charge in [0.25, 0.3) is 0 Å². The topological polar surface area (TPSA) is 52.4 Å². The van der Waals surface area contributed by atoms with Crippen molar-refractivity contribution < 1.29 is 4.42 Å². The number of fused-ring (bicyclic) bond motifs is 35. The fourth-order valence-electron chi connectivity index (χ4n) is 23.8. The van der Waals surface area contributed by atoms with E-state index in [-0.39, 0.29) is 0 Å². The molecular formula is C126H75N9OS2. The van der Waals surface area contributed by atoms with Crippen molar-refractivity contribution in [3.05, 3.63) is 455 Å². The van der Waals surface area contributed by atoms with Crippen LogP contribution in [0.2, 0.25) is 0 Å². The van der Waals surface area contributed by atoms with Crippen LogP contribution in [-0.4, -0.2) is 27.4 Å². The molecule has 0 N–H and O–H groups in total. The number of anilines is 9. The quantitative estimate of drug-likeness (QED) is 0.166. The monoisotopic (exact) mass is 1790 g/mol. The Bertz CT molecular complexity index is 9920. The largest absolute Gasteiger partial charge is 0.456 e. The van der Waals surface area contributed by atoms with E-state index in [9.17, 15) is 0 Å². The van der Waals surface area contributed by atoms with Crippen molar-refractivity contribution in [1.82, 2.24) is 27.4 Å². The molecule has 642 valence electrons. The van der Waals surface area contributed by atoms with Gasteiger partial charge in [-0.1, -0.05) is 243 Å². The van der Waals surface area contributed by atoms with Gasteiger partial charge in [0.1, 0.15) is 11.2 Å². The predicted octanol–water partition coefficient (Wildman–Crippen LogP) is 35.6. The zero-order valence-corrected chi connectivity index (χ0v) is 75.7. The lowest BCUT2D eigenvalue weighted by molar-refractivity contribution is 0.669. The first kappa shape index (κ1) is 75.6. The third-order valence-electron chi connectivity index (χ3n) is 29.5. The molecule has 3 aliphatic rings. The molecule has 0 amide bonds. The smallest absolute Gasteiger partial charge is 0.137 e. The summed E-state index contributed by atoms with van der Waals surface area (Å²) < 4.78 is 26.3. The highest BCUT2D eigenvalue weighted by atomic mass is 32.1. The second kappa shape index (κ2) is 28.8. The van der Waals surface area contributed by atoms with Crippen LogP contribution in [0.25, 0.3) is 227 Å². The first-order chi connectivity index (χ1) is 68.5. The number of nitrogens with zero attached hydrogens (tertiary/aromatic N) is 9. The fourth-order valence-corrected chi connectivity index (χ4v) is 26.1. The van der Waals surface area contributed by atoms with Crippen LogP contribution in [0.3, 0.4) is 0 Å². The van der Waals surface area contributed by atoms with Crippen LogP contribution >= 0.6 is 22.7 Å². The van der Waals surface area contributed by atoms with Crippen molar-refractivity contribution in [3.8, 4) is 34.1 Å². The zero-order valence-electron chi connectivity index (χ0n) is 74.1. The molecule has 0 unspecified atom stereocenters. The molecule has 138 heavy (non-hydrogen) atoms. The van der Waals surface area contributed by atoms with Crippen molar-refractivity contribution in [2.75, 3.05) is 14.7 Å². The van der Waals surface area contributed by atoms with E-state index < -0.39 is 0 Å². The highest BCUT2D eigenvalue weighted by Gasteiger charge is 2.35. The lowest BCUT2D eigenvalue weighted by atomic mass is 10.1. The summed E-state index contributed by atoms with van der Waals surface area (Å²) in [5.41, 5.74) is 34.1. The van der Waals surface area contributed by atoms with Gasteiger partial charge in [-0.25, -0.2) is 0 Å². The Hall–Kier alpha value is -17.9. The summed E-state index contributed by atoms with van der Waals surface area (Å²) in [6.45, 7) is 0. The average Bonchev–Trinajstić information content (AvgIpc) is 1.53. The summed E-state index contributed by atoms with van der Waals surface area (Å²) in [6, 6.07) is 166. The third-order valence-corrected chi connectivity index (χ3v) is 31.7. The molecular weight excluding hydrogens is 1720 g/mol. The van der Waals surface area contributed by atoms with Gasteiger partial charge in [-0.05, 0) is 212 Å². The van der Waals surface area contributed by atoms with Gasteiger partial charge in [0.2, 0.25) is 0 Å². The zero-order chi connectivity index (χ0) is 89.8. The van der Waals surface area contributed by atoms with Crippen LogP contribution in [-0.2, 0) is 0 Å². The molecule has 12 heterocycles. The number of para-hydroxylation sites is 16. The minimum Gasteiger partial charge on any atom is -0.456 e. The van der Waals surface area contributed by atoms with E-state index in [0.29, 0.717) is 0 Å². The molecule has 0 radical (unpaired) electrons. The molecule has 10 nitrogen and oxygen atoms in total. The van der Waals surface area contributed by atoms with Crippen molar-refractivity contribution in [2.45, 2.75) is 0 Å². The van der Waals surface area contributed by atoms with Crippen molar-refractivity contribution in [1.29, 1.82) is 0 Å². The summed E-state index contributed by atoms with van der Waals surface area (Å²) >= 11 is 3.76. The van der Waals surface area contributed by atoms with E-state index in [1.165, 1.54) is 205 Å². The lowest BCUT2D eigenvalue weighted by Crippen LogP contribution is -2.18. The molecule has 0 bridgehead atoms. The Morgan fingerprint density at radius 1 is 0.145 bits per heavy atom. The van der Waals surface area contributed by atoms with E-state index in [0.717, 1.165) is 73.1 Å². The minimum absolute atomic E-state index is 0.912. The summed E-state index contributed by atoms with van der Waals surface area (Å²) in [7, 11) is 0. The Labute approximate surface area is 796 Å². The predicted molar refractivity (Wildman–Crippen MR) is 583 cm³/mol. The van der Waals surface area contributed by atoms with E-state index >= 15 is 0 Å². The Morgan fingerprint density at radius 3 is 0.891 bits per heavy atom. The first-order valence-corrected chi connectivity index (χ1v) is 48.7. The SMILES string of the molecule is c1ccc2c(c1)N(c1ccc(-n3c4ccccc4c4ccccc43)cc1)c1cccc3c4cc5c(cc4n-2c13)sc1ccccc15.c1ccc2c(c1)N(c1ccc(-n3c4ccccc4c4ccccc43)cc1)c1cccc3c4ccc5oc6ccccc6c5c4n-2c13.c1ccc2c(c1)N(c1ccc(-n3c4ccccc4c4ccccc43)cc1)c1cccc3c4ccc5sc6ccccc6c5c4n-2c13. The van der Waals surface area contributed by atoms with E-state index in [4.69, 9.17) is 4.42 Å². The summed E-state index contributed by atoms with van der Waals surface area (Å²) in [4.78, 5) is 7.29. The van der Waals surface area contributed by atoms with Gasteiger partial charge >= 0.3 is 0 Å². The molecule has 0 aliphatic carbocycles. The lowest BCUT2D eigenvalue weighted by Gasteiger charge is -2.33. The number of aromatic nitrogens is 6. The van der Waals surface area contributed by atoms with Gasteiger partial charge in [0.05, 0.1) is 123 Å². The maximum absolute atomic E-state index is 6.35. The third kappa shape index (κ3) is 10.5. The minimum atomic E-state index is 0.912. The number of benzene rings is 21. The van der Waals surface area contributed by atoms with Crippen LogP contribution in [0.1, 0.15) is 0 Å². The Balaban J connectivity index is 0.0000000959. The maximum atomic E-state index is 6.35. The molecule has 0 fully saturated rings. The molecule has 3 aliphatic heterocycles. The molecule has 12 heteroatoms. The van der Waals surface area contributed by atoms with Crippen LogP contribution in [0.15, 0.2) is 459 Å². The van der Waals surface area contributed by atoms with Gasteiger partial charge in [-0.15, -0.1) is 22.7 Å². The van der Waals surface area contributed by atoms with Gasteiger partial charge in [0, 0.05) is 144 Å². The average molecular weight is 1800 g/mol. The van der Waals surface area contributed by atoms with Crippen LogP contribution in [0, 0.1) is 0 Å². The van der Waals surface area contributed by atoms with Crippen LogP contribution in [0.4, 0.5) is 51.2 Å². The van der Waals surface area contributed by atoms with Crippen molar-refractivity contribution in [2.24, 2.45) is 0 Å². The van der Waals surface area contributed by atoms with Gasteiger partial charge in [0.15, 0.2) is 0 Å². The van der Waals surface area contributed by atoms with E-state index in [1.807, 2.05) is 28.7 Å². The highest BCUT2D eigenvalue weighted by molar-refractivity contribution is 7.26. The standard InChI is InChI=1S/C42H25N3O.2C42H25N3S/c1-4-14-33-28(10-1)29-11-2-5-15-34(29)43(33)26-20-22-27(23-21-26)44-35-16-6-7-17-36(35)45-41-30(13-9-18-37(41)44)31-24-25-39-40(42(31)45)32-12-3-8-19-38(32)46-39;1-4-14-34-28(10-1)29-11-2-5-15-35(29)43(34)26-20-22-27(23-21-26)44-36-16-6-7-17-37(36)45-39-25-41-33(30-12-3-8-19-40(30)46-41)24-32(39)31-13-9-18-38(44)42(31)45;1-4-14-33-28(10-1)29-11-2-5-15-34(29)43(33)26-20-22-27(23-21-26)44-35-16-6-7-17-36(35)45-41-30(13-9-18-37(41)44)31-24-25-39-40(42(31)45)32-12-3-8-19-38(32)46-39/h3*1-25H. The van der Waals surface area contributed by atoms with Gasteiger partial charge in [-0.3, -0.25) is 0 Å². The van der Waals surface area contributed by atoms with Gasteiger partial charge < -0.3 is 46.5 Å². The molecule has 0 saturated heterocycles. The second-order valence-corrected chi connectivity index (χ2v) is 38.7. The van der Waals surface area contributed by atoms with Gasteiger partial charge in [-0.2, -0.15) is 0 Å². The number of hydrogen-bond donors (Lipinski definition) is 0. The highest BCUT2D eigenvalue weighted by Crippen LogP contribution is 2.57. The fraction of sp³-hybridized carbons (Fsp3) is 0. The molecule has 0 saturated carbocycles. The molecule has 0 spiro atoms. The number of furan rings is 1. The summed E-state index contributed by atoms with van der Waals surface area (Å²) in [5, 5.41) is 22.9. The number of thiophene rings is 2.